The van der Waals surface area contributed by atoms with Gasteiger partial charge < -0.3 is 9.47 Å². The van der Waals surface area contributed by atoms with Gasteiger partial charge in [-0.15, -0.1) is 0 Å². The summed E-state index contributed by atoms with van der Waals surface area (Å²) >= 11 is 3.85. The van der Waals surface area contributed by atoms with Crippen LogP contribution in [0.3, 0.4) is 0 Å². The fourth-order valence-electron chi connectivity index (χ4n) is 3.82. The van der Waals surface area contributed by atoms with Gasteiger partial charge in [0.2, 0.25) is 0 Å². The zero-order chi connectivity index (χ0) is 23.0. The fourth-order valence-corrected chi connectivity index (χ4v) is 5.64. The molecule has 172 valence electrons. The van der Waals surface area contributed by atoms with Gasteiger partial charge in [0.05, 0.1) is 0 Å². The van der Waals surface area contributed by atoms with Crippen molar-refractivity contribution in [3.05, 3.63) is 119 Å². The molecule has 4 nitrogen and oxygen atoms in total. The maximum Gasteiger partial charge on any atom is 0.120 e. The SMILES string of the molecule is c1cc(COc2cc3cc(c2)CSCc2cc(cc(OCc4ccncc4)c2)CSC3)ccn1. The summed E-state index contributed by atoms with van der Waals surface area (Å²) in [4.78, 5) is 8.16. The van der Waals surface area contributed by atoms with Crippen molar-refractivity contribution in [2.75, 3.05) is 0 Å². The van der Waals surface area contributed by atoms with Gasteiger partial charge in [-0.3, -0.25) is 9.97 Å². The molecular weight excluding hydrogens is 460 g/mol. The van der Waals surface area contributed by atoms with Crippen molar-refractivity contribution in [1.29, 1.82) is 0 Å². The summed E-state index contributed by atoms with van der Waals surface area (Å²) < 4.78 is 12.3. The summed E-state index contributed by atoms with van der Waals surface area (Å²) in [5.41, 5.74) is 7.47. The lowest BCUT2D eigenvalue weighted by Crippen LogP contribution is -1.99. The third-order valence-electron chi connectivity index (χ3n) is 5.44. The minimum atomic E-state index is 0.554. The van der Waals surface area contributed by atoms with Crippen molar-refractivity contribution < 1.29 is 9.47 Å². The molecule has 0 unspecified atom stereocenters. The summed E-state index contributed by atoms with van der Waals surface area (Å²) in [7, 11) is 0. The Hall–Kier alpha value is -2.96. The second-order valence-electron chi connectivity index (χ2n) is 8.24. The number of thioether (sulfide) groups is 2. The lowest BCUT2D eigenvalue weighted by Gasteiger charge is -2.15. The van der Waals surface area contributed by atoms with E-state index < -0.39 is 0 Å². The van der Waals surface area contributed by atoms with Gasteiger partial charge in [-0.25, -0.2) is 0 Å². The van der Waals surface area contributed by atoms with Crippen LogP contribution in [0.15, 0.2) is 85.5 Å². The molecule has 5 rings (SSSR count). The molecule has 1 aliphatic heterocycles. The van der Waals surface area contributed by atoms with E-state index in [1.807, 2.05) is 47.8 Å². The maximum absolute atomic E-state index is 6.13. The molecule has 0 amide bonds. The zero-order valence-electron chi connectivity index (χ0n) is 18.9. The Labute approximate surface area is 209 Å². The van der Waals surface area contributed by atoms with E-state index in [1.165, 1.54) is 22.3 Å². The lowest BCUT2D eigenvalue weighted by molar-refractivity contribution is 0.305. The first-order valence-electron chi connectivity index (χ1n) is 11.2. The van der Waals surface area contributed by atoms with Gasteiger partial charge in [-0.05, 0) is 81.9 Å². The quantitative estimate of drug-likeness (QED) is 0.298. The third kappa shape index (κ3) is 6.55. The van der Waals surface area contributed by atoms with Gasteiger partial charge in [0.25, 0.3) is 0 Å². The largest absolute Gasteiger partial charge is 0.489 e. The Kier molecular flexibility index (Phi) is 7.68. The zero-order valence-corrected chi connectivity index (χ0v) is 20.5. The first-order chi connectivity index (χ1) is 16.8. The molecule has 0 saturated heterocycles. The summed E-state index contributed by atoms with van der Waals surface area (Å²) in [6.45, 7) is 1.11. The van der Waals surface area contributed by atoms with Crippen LogP contribution < -0.4 is 9.47 Å². The minimum absolute atomic E-state index is 0.554. The molecule has 3 heterocycles. The van der Waals surface area contributed by atoms with Crippen molar-refractivity contribution in [2.45, 2.75) is 36.2 Å². The number of ether oxygens (including phenoxy) is 2. The summed E-state index contributed by atoms with van der Waals surface area (Å²) in [6.07, 6.45) is 7.21. The fraction of sp³-hybridized carbons (Fsp3) is 0.214. The number of hydrogen-bond acceptors (Lipinski definition) is 6. The standard InChI is InChI=1S/C28H26N2O2S2/c1-5-29-6-2-21(1)15-31-27-11-23-9-24(12-27)18-34-20-26-10-25(19-33-17-23)13-28(14-26)32-16-22-3-7-30-8-4-22/h1-14H,15-20H2. The van der Waals surface area contributed by atoms with E-state index in [1.54, 1.807) is 24.8 Å². The van der Waals surface area contributed by atoms with Crippen molar-refractivity contribution >= 4 is 23.5 Å². The molecule has 0 saturated carbocycles. The van der Waals surface area contributed by atoms with Gasteiger partial charge >= 0.3 is 0 Å². The minimum Gasteiger partial charge on any atom is -0.489 e. The number of pyridine rings is 2. The average Bonchev–Trinajstić information content (AvgIpc) is 2.87. The molecule has 2 aromatic carbocycles. The van der Waals surface area contributed by atoms with Crippen molar-refractivity contribution in [1.82, 2.24) is 9.97 Å². The predicted molar refractivity (Wildman–Crippen MR) is 140 cm³/mol. The third-order valence-corrected chi connectivity index (χ3v) is 7.59. The molecule has 0 radical (unpaired) electrons. The Morgan fingerprint density at radius 2 is 0.882 bits per heavy atom. The second-order valence-corrected chi connectivity index (χ2v) is 10.2. The van der Waals surface area contributed by atoms with E-state index in [4.69, 9.17) is 9.47 Å². The van der Waals surface area contributed by atoms with Crippen LogP contribution in [0.25, 0.3) is 0 Å². The Morgan fingerprint density at radius 1 is 0.529 bits per heavy atom. The van der Waals surface area contributed by atoms with E-state index >= 15 is 0 Å². The van der Waals surface area contributed by atoms with Crippen molar-refractivity contribution in [3.8, 4) is 11.5 Å². The monoisotopic (exact) mass is 486 g/mol. The smallest absolute Gasteiger partial charge is 0.120 e. The van der Waals surface area contributed by atoms with Crippen LogP contribution >= 0.6 is 23.5 Å². The molecule has 0 fully saturated rings. The second kappa shape index (κ2) is 11.4. The number of hydrogen-bond donors (Lipinski definition) is 0. The van der Waals surface area contributed by atoms with Crippen LogP contribution in [-0.4, -0.2) is 9.97 Å². The molecule has 34 heavy (non-hydrogen) atoms. The Balaban J connectivity index is 1.27. The van der Waals surface area contributed by atoms with Crippen molar-refractivity contribution in [3.63, 3.8) is 0 Å². The van der Waals surface area contributed by atoms with E-state index in [9.17, 15) is 0 Å². The Morgan fingerprint density at radius 3 is 1.24 bits per heavy atom. The molecule has 6 heteroatoms. The highest BCUT2D eigenvalue weighted by Crippen LogP contribution is 2.30. The normalized spacial score (nSPS) is 13.4. The number of benzene rings is 2. The van der Waals surface area contributed by atoms with E-state index in [-0.39, 0.29) is 0 Å². The van der Waals surface area contributed by atoms with E-state index in [0.29, 0.717) is 13.2 Å². The number of fused-ring (bicyclic) bond motifs is 4. The summed E-state index contributed by atoms with van der Waals surface area (Å²) in [5, 5.41) is 0. The van der Waals surface area contributed by atoms with Crippen LogP contribution in [0, 0.1) is 0 Å². The number of rotatable bonds is 6. The number of nitrogens with zero attached hydrogens (tertiary/aromatic N) is 2. The summed E-state index contributed by atoms with van der Waals surface area (Å²) in [6, 6.07) is 21.3. The molecule has 4 bridgehead atoms. The first kappa shape index (κ1) is 22.8. The highest BCUT2D eigenvalue weighted by atomic mass is 32.2. The van der Waals surface area contributed by atoms with E-state index in [0.717, 1.165) is 45.6 Å². The Bertz CT molecular complexity index is 1080. The molecule has 0 N–H and O–H groups in total. The molecule has 0 aliphatic carbocycles. The van der Waals surface area contributed by atoms with Gasteiger partial charge in [-0.1, -0.05) is 12.1 Å². The first-order valence-corrected chi connectivity index (χ1v) is 13.6. The van der Waals surface area contributed by atoms with E-state index in [2.05, 4.69) is 46.4 Å². The molecule has 0 atom stereocenters. The highest BCUT2D eigenvalue weighted by molar-refractivity contribution is 7.98. The lowest BCUT2D eigenvalue weighted by atomic mass is 10.1. The molecule has 2 aromatic heterocycles. The van der Waals surface area contributed by atoms with Crippen LogP contribution in [0.4, 0.5) is 0 Å². The molecular formula is C28H26N2O2S2. The average molecular weight is 487 g/mol. The van der Waals surface area contributed by atoms with Gasteiger partial charge in [0, 0.05) is 47.8 Å². The van der Waals surface area contributed by atoms with Crippen LogP contribution in [-0.2, 0) is 36.2 Å². The number of aromatic nitrogens is 2. The van der Waals surface area contributed by atoms with Gasteiger partial charge in [0.15, 0.2) is 0 Å². The van der Waals surface area contributed by atoms with Crippen molar-refractivity contribution in [2.24, 2.45) is 0 Å². The van der Waals surface area contributed by atoms with Crippen LogP contribution in [0.1, 0.15) is 33.4 Å². The predicted octanol–water partition coefficient (Wildman–Crippen LogP) is 6.81. The highest BCUT2D eigenvalue weighted by Gasteiger charge is 2.09. The summed E-state index contributed by atoms with van der Waals surface area (Å²) in [5.74, 6) is 5.66. The van der Waals surface area contributed by atoms with Gasteiger partial charge in [-0.2, -0.15) is 23.5 Å². The molecule has 0 spiro atoms. The van der Waals surface area contributed by atoms with Crippen LogP contribution in [0.2, 0.25) is 0 Å². The molecule has 1 aliphatic rings. The topological polar surface area (TPSA) is 44.2 Å². The van der Waals surface area contributed by atoms with Crippen LogP contribution in [0.5, 0.6) is 11.5 Å². The van der Waals surface area contributed by atoms with Gasteiger partial charge in [0.1, 0.15) is 24.7 Å². The molecule has 4 aromatic rings. The maximum atomic E-state index is 6.13.